The molecule has 2 fully saturated rings. The van der Waals surface area contributed by atoms with Gasteiger partial charge in [-0.05, 0) is 67.2 Å². The van der Waals surface area contributed by atoms with Gasteiger partial charge in [0, 0.05) is 47.8 Å². The topological polar surface area (TPSA) is 45.3 Å². The number of aromatic nitrogens is 1. The summed E-state index contributed by atoms with van der Waals surface area (Å²) in [5.74, 6) is 0.723. The number of aryl methyl sites for hydroxylation is 2. The average Bonchev–Trinajstić information content (AvgIpc) is 3.17. The second-order valence-corrected chi connectivity index (χ2v) is 9.75. The van der Waals surface area contributed by atoms with E-state index in [0.717, 1.165) is 44.5 Å². The Morgan fingerprint density at radius 1 is 1.30 bits per heavy atom. The van der Waals surface area contributed by atoms with Gasteiger partial charge in [-0.15, -0.1) is 0 Å². The number of hydrogen-bond acceptors (Lipinski definition) is 2. The minimum Gasteiger partial charge on any atom is -0.384 e. The quantitative estimate of drug-likeness (QED) is 0.886. The molecule has 1 N–H and O–H groups in total. The molecule has 0 unspecified atom stereocenters. The Morgan fingerprint density at radius 3 is 2.89 bits per heavy atom. The van der Waals surface area contributed by atoms with Crippen molar-refractivity contribution < 1.29 is 9.53 Å². The lowest BCUT2D eigenvalue weighted by Crippen LogP contribution is -2.55. The highest BCUT2D eigenvalue weighted by Gasteiger charge is 2.63. The van der Waals surface area contributed by atoms with Crippen molar-refractivity contribution in [2.75, 3.05) is 26.8 Å². The molecule has 3 aliphatic rings. The van der Waals surface area contributed by atoms with E-state index >= 15 is 0 Å². The van der Waals surface area contributed by atoms with Crippen LogP contribution in [0.1, 0.15) is 54.7 Å². The maximum atomic E-state index is 13.3. The lowest BCUT2D eigenvalue weighted by atomic mass is 9.48. The third-order valence-corrected chi connectivity index (χ3v) is 7.46. The fourth-order valence-electron chi connectivity index (χ4n) is 6.48. The van der Waals surface area contributed by atoms with Gasteiger partial charge in [0.25, 0.3) is 5.91 Å². The summed E-state index contributed by atoms with van der Waals surface area (Å²) in [4.78, 5) is 19.0. The van der Waals surface area contributed by atoms with Crippen LogP contribution >= 0.6 is 0 Å². The summed E-state index contributed by atoms with van der Waals surface area (Å²) in [6.07, 6.45) is 5.92. The second-order valence-electron chi connectivity index (χ2n) is 9.75. The first-order valence-electron chi connectivity index (χ1n) is 10.4. The van der Waals surface area contributed by atoms with Crippen molar-refractivity contribution in [1.82, 2.24) is 9.88 Å². The molecule has 1 aromatic heterocycles. The number of methoxy groups -OCH3 is 1. The first-order chi connectivity index (χ1) is 12.9. The van der Waals surface area contributed by atoms with Crippen molar-refractivity contribution >= 4 is 16.8 Å². The highest BCUT2D eigenvalue weighted by Crippen LogP contribution is 2.62. The minimum atomic E-state index is 0.158. The number of ether oxygens (including phenoxy) is 1. The van der Waals surface area contributed by atoms with E-state index in [-0.39, 0.29) is 11.3 Å². The number of carbonyl (C=O) groups excluding carboxylic acids is 1. The van der Waals surface area contributed by atoms with Gasteiger partial charge in [-0.25, -0.2) is 0 Å². The minimum absolute atomic E-state index is 0.158. The Morgan fingerprint density at radius 2 is 2.11 bits per heavy atom. The van der Waals surface area contributed by atoms with Crippen LogP contribution in [0.15, 0.2) is 18.2 Å². The number of aromatic amines is 1. The van der Waals surface area contributed by atoms with Crippen LogP contribution < -0.4 is 0 Å². The average molecular weight is 367 g/mol. The second kappa shape index (κ2) is 5.84. The first-order valence-corrected chi connectivity index (χ1v) is 10.4. The Hall–Kier alpha value is -1.81. The lowest BCUT2D eigenvalue weighted by Gasteiger charge is -2.56. The van der Waals surface area contributed by atoms with Crippen LogP contribution in [-0.4, -0.2) is 42.6 Å². The number of nitrogens with one attached hydrogen (secondary N) is 1. The molecule has 0 spiro atoms. The van der Waals surface area contributed by atoms with Crippen LogP contribution in [0.5, 0.6) is 0 Å². The predicted octanol–water partition coefficient (Wildman–Crippen LogP) is 4.18. The van der Waals surface area contributed by atoms with Crippen molar-refractivity contribution in [3.05, 3.63) is 35.0 Å². The zero-order valence-corrected chi connectivity index (χ0v) is 16.7. The number of hydrogen-bond donors (Lipinski definition) is 1. The largest absolute Gasteiger partial charge is 0.384 e. The van der Waals surface area contributed by atoms with Crippen molar-refractivity contribution in [1.29, 1.82) is 0 Å². The van der Waals surface area contributed by atoms with E-state index in [2.05, 4.69) is 35.9 Å². The fourth-order valence-corrected chi connectivity index (χ4v) is 6.48. The number of amides is 1. The number of rotatable bonds is 3. The van der Waals surface area contributed by atoms with Crippen molar-refractivity contribution in [3.63, 3.8) is 0 Å². The van der Waals surface area contributed by atoms with Gasteiger partial charge in [0.2, 0.25) is 0 Å². The lowest BCUT2D eigenvalue weighted by molar-refractivity contribution is -0.107. The third kappa shape index (κ3) is 2.49. The summed E-state index contributed by atoms with van der Waals surface area (Å²) >= 11 is 0. The Bertz CT molecular complexity index is 912. The summed E-state index contributed by atoms with van der Waals surface area (Å²) in [5.41, 5.74) is 5.28. The van der Waals surface area contributed by atoms with Crippen molar-refractivity contribution in [3.8, 4) is 0 Å². The van der Waals surface area contributed by atoms with E-state index in [4.69, 9.17) is 4.74 Å². The van der Waals surface area contributed by atoms with E-state index < -0.39 is 0 Å². The van der Waals surface area contributed by atoms with E-state index in [1.165, 1.54) is 35.0 Å². The molecule has 1 saturated heterocycles. The Labute approximate surface area is 161 Å². The van der Waals surface area contributed by atoms with Gasteiger partial charge >= 0.3 is 0 Å². The van der Waals surface area contributed by atoms with Gasteiger partial charge in [0.15, 0.2) is 0 Å². The molecular formula is C23H30N2O2. The maximum absolute atomic E-state index is 13.3. The van der Waals surface area contributed by atoms with Crippen LogP contribution in [0.3, 0.4) is 0 Å². The molecule has 144 valence electrons. The molecule has 0 radical (unpaired) electrons. The van der Waals surface area contributed by atoms with E-state index in [0.29, 0.717) is 11.3 Å². The zero-order chi connectivity index (χ0) is 18.8. The highest BCUT2D eigenvalue weighted by atomic mass is 16.5. The van der Waals surface area contributed by atoms with Crippen LogP contribution in [-0.2, 0) is 17.6 Å². The number of likely N-dealkylation sites (tertiary alicyclic amines) is 1. The maximum Gasteiger partial charge on any atom is 0.253 e. The Kier molecular flexibility index (Phi) is 3.74. The summed E-state index contributed by atoms with van der Waals surface area (Å²) in [6.45, 7) is 7.11. The molecule has 1 aliphatic heterocycles. The molecule has 4 heteroatoms. The van der Waals surface area contributed by atoms with Gasteiger partial charge in [0.1, 0.15) is 0 Å². The van der Waals surface area contributed by atoms with Gasteiger partial charge in [-0.2, -0.15) is 0 Å². The summed E-state index contributed by atoms with van der Waals surface area (Å²) in [5, 5.41) is 1.25. The smallest absolute Gasteiger partial charge is 0.253 e. The molecule has 2 aliphatic carbocycles. The highest BCUT2D eigenvalue weighted by molar-refractivity contribution is 5.99. The van der Waals surface area contributed by atoms with Gasteiger partial charge in [-0.1, -0.05) is 13.8 Å². The van der Waals surface area contributed by atoms with Crippen LogP contribution in [0.2, 0.25) is 0 Å². The Balaban J connectivity index is 1.44. The predicted molar refractivity (Wildman–Crippen MR) is 107 cm³/mol. The molecule has 2 atom stereocenters. The van der Waals surface area contributed by atoms with Crippen LogP contribution in [0.4, 0.5) is 0 Å². The molecule has 2 heterocycles. The van der Waals surface area contributed by atoms with Crippen LogP contribution in [0.25, 0.3) is 10.9 Å². The summed E-state index contributed by atoms with van der Waals surface area (Å²) < 4.78 is 5.54. The molecule has 1 saturated carbocycles. The summed E-state index contributed by atoms with van der Waals surface area (Å²) in [6, 6.07) is 6.23. The van der Waals surface area contributed by atoms with Crippen molar-refractivity contribution in [2.24, 2.45) is 16.7 Å². The molecule has 27 heavy (non-hydrogen) atoms. The number of carbonyl (C=O) groups is 1. The first kappa shape index (κ1) is 17.3. The molecule has 5 rings (SSSR count). The van der Waals surface area contributed by atoms with Crippen LogP contribution in [0, 0.1) is 16.7 Å². The van der Waals surface area contributed by atoms with E-state index in [1.807, 2.05) is 6.07 Å². The number of nitrogens with zero attached hydrogens (tertiary/aromatic N) is 1. The third-order valence-electron chi connectivity index (χ3n) is 7.46. The number of benzene rings is 1. The number of H-pyrrole nitrogens is 1. The molecule has 2 aromatic rings. The standard InChI is InChI=1S/C23H30N2O2/c1-22(2)12-23(14-27-3)13-25(11-20(22)23)21(26)15-8-9-19-17(10-15)16-6-4-5-7-18(16)24-19/h8-10,20,24H,4-7,11-14H2,1-3H3/t20-,23-/m1/s1. The summed E-state index contributed by atoms with van der Waals surface area (Å²) in [7, 11) is 1.78. The molecule has 4 nitrogen and oxygen atoms in total. The normalized spacial score (nSPS) is 28.7. The zero-order valence-electron chi connectivity index (χ0n) is 16.7. The molecular weight excluding hydrogens is 336 g/mol. The molecule has 0 bridgehead atoms. The fraction of sp³-hybridized carbons (Fsp3) is 0.609. The van der Waals surface area contributed by atoms with Gasteiger partial charge < -0.3 is 14.6 Å². The van der Waals surface area contributed by atoms with Gasteiger partial charge in [-0.3, -0.25) is 4.79 Å². The van der Waals surface area contributed by atoms with Crippen molar-refractivity contribution in [2.45, 2.75) is 46.0 Å². The van der Waals surface area contributed by atoms with E-state index in [9.17, 15) is 4.79 Å². The monoisotopic (exact) mass is 366 g/mol. The number of fused-ring (bicyclic) bond motifs is 4. The molecule has 1 amide bonds. The van der Waals surface area contributed by atoms with Gasteiger partial charge in [0.05, 0.1) is 6.61 Å². The van der Waals surface area contributed by atoms with E-state index in [1.54, 1.807) is 7.11 Å². The molecule has 1 aromatic carbocycles. The SMILES string of the molecule is COC[C@@]12CN(C(=O)c3ccc4[nH]c5c(c4c3)CCCC5)C[C@@H]1C(C)(C)C2.